The van der Waals surface area contributed by atoms with Gasteiger partial charge in [0, 0.05) is 18.5 Å². The Bertz CT molecular complexity index is 1380. The normalized spacial score (nSPS) is 13.4. The van der Waals surface area contributed by atoms with Gasteiger partial charge < -0.3 is 31.7 Å². The van der Waals surface area contributed by atoms with E-state index < -0.39 is 53.8 Å². The molecule has 274 valence electrons. The number of hydrogen-bond donors (Lipinski definition) is 6. The van der Waals surface area contributed by atoms with Gasteiger partial charge in [-0.15, -0.1) is 0 Å². The van der Waals surface area contributed by atoms with E-state index in [0.29, 0.717) is 37.3 Å². The SMILES string of the molecule is CCCC(NC(=O)C(CCC(=O)O)NC(=O)c1ccccc1)C(=O)NC(CCc1ccccc1)C(=O)NC(CC(C)C)C(=O)NCCC(C)C. The molecule has 0 radical (unpaired) electrons. The molecule has 0 heterocycles. The molecule has 0 aliphatic rings. The molecule has 0 aliphatic carbocycles. The summed E-state index contributed by atoms with van der Waals surface area (Å²) in [5, 5.41) is 23.1. The van der Waals surface area contributed by atoms with Crippen LogP contribution in [0, 0.1) is 11.8 Å². The number of benzene rings is 2. The molecule has 2 rings (SSSR count). The molecule has 12 nitrogen and oxygen atoms in total. The molecule has 12 heteroatoms. The number of carboxylic acids is 1. The number of carbonyl (C=O) groups is 6. The highest BCUT2D eigenvalue weighted by molar-refractivity contribution is 5.99. The molecule has 4 atom stereocenters. The van der Waals surface area contributed by atoms with Crippen LogP contribution in [-0.2, 0) is 30.4 Å². The number of hydrogen-bond acceptors (Lipinski definition) is 6. The van der Waals surface area contributed by atoms with E-state index in [1.165, 1.54) is 0 Å². The third-order valence-electron chi connectivity index (χ3n) is 8.07. The zero-order chi connectivity index (χ0) is 37.1. The lowest BCUT2D eigenvalue weighted by atomic mass is 10.0. The van der Waals surface area contributed by atoms with E-state index in [-0.39, 0.29) is 37.5 Å². The van der Waals surface area contributed by atoms with Crippen molar-refractivity contribution in [3.8, 4) is 0 Å². The van der Waals surface area contributed by atoms with Crippen LogP contribution in [0.25, 0.3) is 0 Å². The number of nitrogens with one attached hydrogen (secondary N) is 5. The van der Waals surface area contributed by atoms with Crippen LogP contribution in [0.2, 0.25) is 0 Å². The average Bonchev–Trinajstić information content (AvgIpc) is 3.07. The Balaban J connectivity index is 2.27. The van der Waals surface area contributed by atoms with Crippen LogP contribution in [0.3, 0.4) is 0 Å². The highest BCUT2D eigenvalue weighted by Crippen LogP contribution is 2.11. The summed E-state index contributed by atoms with van der Waals surface area (Å²) in [6.07, 6.45) is 2.02. The van der Waals surface area contributed by atoms with E-state index in [0.717, 1.165) is 12.0 Å². The van der Waals surface area contributed by atoms with Gasteiger partial charge in [0.15, 0.2) is 0 Å². The van der Waals surface area contributed by atoms with Crippen molar-refractivity contribution < 1.29 is 33.9 Å². The molecule has 6 N–H and O–H groups in total. The molecule has 0 spiro atoms. The second-order valence-electron chi connectivity index (χ2n) is 13.4. The van der Waals surface area contributed by atoms with Gasteiger partial charge in [0.2, 0.25) is 23.6 Å². The van der Waals surface area contributed by atoms with Gasteiger partial charge in [0.05, 0.1) is 0 Å². The van der Waals surface area contributed by atoms with Crippen molar-refractivity contribution in [1.82, 2.24) is 26.6 Å². The first kappa shape index (κ1) is 41.4. The van der Waals surface area contributed by atoms with E-state index in [2.05, 4.69) is 40.4 Å². The summed E-state index contributed by atoms with van der Waals surface area (Å²) in [6.45, 7) is 10.3. The summed E-state index contributed by atoms with van der Waals surface area (Å²) in [5.41, 5.74) is 1.25. The van der Waals surface area contributed by atoms with Gasteiger partial charge in [-0.2, -0.15) is 0 Å². The summed E-state index contributed by atoms with van der Waals surface area (Å²) in [6, 6.07) is 13.5. The minimum atomic E-state index is -1.23. The lowest BCUT2D eigenvalue weighted by Crippen LogP contribution is -2.58. The lowest BCUT2D eigenvalue weighted by molar-refractivity contribution is -0.137. The zero-order valence-corrected chi connectivity index (χ0v) is 30.0. The van der Waals surface area contributed by atoms with Crippen LogP contribution in [0.5, 0.6) is 0 Å². The fourth-order valence-electron chi connectivity index (χ4n) is 5.28. The van der Waals surface area contributed by atoms with Crippen LogP contribution in [0.1, 0.15) is 95.5 Å². The maximum absolute atomic E-state index is 13.8. The average molecular weight is 694 g/mol. The first-order valence-electron chi connectivity index (χ1n) is 17.6. The van der Waals surface area contributed by atoms with Crippen molar-refractivity contribution in [2.45, 2.75) is 110 Å². The standard InChI is InChI=1S/C38H55N5O7/c1-6-13-29(41-37(49)31(20-21-33(44)45)40-34(46)28-16-11-8-12-17-28)36(48)42-30(19-18-27-14-9-7-10-15-27)38(50)43-32(24-26(4)5)35(47)39-23-22-25(2)3/h7-12,14-17,25-26,29-32H,6,13,18-24H2,1-5H3,(H,39,47)(H,40,46)(H,41,49)(H,42,48)(H,43,50)(H,44,45). The van der Waals surface area contributed by atoms with E-state index >= 15 is 0 Å². The topological polar surface area (TPSA) is 183 Å². The second kappa shape index (κ2) is 22.1. The number of rotatable bonds is 22. The first-order valence-corrected chi connectivity index (χ1v) is 17.6. The quantitative estimate of drug-likeness (QED) is 0.109. The van der Waals surface area contributed by atoms with Crippen molar-refractivity contribution >= 4 is 35.5 Å². The van der Waals surface area contributed by atoms with Gasteiger partial charge in [-0.1, -0.05) is 89.6 Å². The molecule has 4 unspecified atom stereocenters. The lowest BCUT2D eigenvalue weighted by Gasteiger charge is -2.27. The Hall–Kier alpha value is -4.74. The molecule has 0 fully saturated rings. The molecule has 2 aromatic rings. The maximum Gasteiger partial charge on any atom is 0.303 e. The van der Waals surface area contributed by atoms with Crippen molar-refractivity contribution in [2.24, 2.45) is 11.8 Å². The smallest absolute Gasteiger partial charge is 0.303 e. The van der Waals surface area contributed by atoms with Gasteiger partial charge in [0.25, 0.3) is 5.91 Å². The Morgan fingerprint density at radius 3 is 1.64 bits per heavy atom. The summed E-state index contributed by atoms with van der Waals surface area (Å²) in [7, 11) is 0. The Labute approximate surface area is 295 Å². The van der Waals surface area contributed by atoms with Crippen LogP contribution in [-0.4, -0.2) is 71.3 Å². The zero-order valence-electron chi connectivity index (χ0n) is 30.0. The summed E-state index contributed by atoms with van der Waals surface area (Å²) < 4.78 is 0. The number of carboxylic acid groups (broad SMARTS) is 1. The fraction of sp³-hybridized carbons (Fsp3) is 0.526. The molecule has 2 aromatic carbocycles. The predicted molar refractivity (Wildman–Crippen MR) is 192 cm³/mol. The predicted octanol–water partition coefficient (Wildman–Crippen LogP) is 3.75. The molecule has 0 aliphatic heterocycles. The number of carbonyl (C=O) groups excluding carboxylic acids is 5. The summed E-state index contributed by atoms with van der Waals surface area (Å²) in [4.78, 5) is 78.4. The monoisotopic (exact) mass is 693 g/mol. The molecule has 0 saturated carbocycles. The number of aliphatic carboxylic acids is 1. The van der Waals surface area contributed by atoms with Gasteiger partial charge in [-0.05, 0) is 68.1 Å². The van der Waals surface area contributed by atoms with Gasteiger partial charge in [-0.3, -0.25) is 28.8 Å². The van der Waals surface area contributed by atoms with Crippen molar-refractivity contribution in [3.05, 3.63) is 71.8 Å². The molecular formula is C38H55N5O7. The summed E-state index contributed by atoms with van der Waals surface area (Å²) >= 11 is 0. The third kappa shape index (κ3) is 15.7. The fourth-order valence-corrected chi connectivity index (χ4v) is 5.28. The highest BCUT2D eigenvalue weighted by atomic mass is 16.4. The van der Waals surface area contributed by atoms with Crippen LogP contribution < -0.4 is 26.6 Å². The van der Waals surface area contributed by atoms with Gasteiger partial charge in [-0.25, -0.2) is 0 Å². The van der Waals surface area contributed by atoms with E-state index in [1.54, 1.807) is 30.3 Å². The summed E-state index contributed by atoms with van der Waals surface area (Å²) in [5.74, 6) is -3.34. The molecule has 0 bridgehead atoms. The first-order chi connectivity index (χ1) is 23.8. The second-order valence-corrected chi connectivity index (χ2v) is 13.4. The Morgan fingerprint density at radius 1 is 0.600 bits per heavy atom. The van der Waals surface area contributed by atoms with E-state index in [4.69, 9.17) is 0 Å². The van der Waals surface area contributed by atoms with Crippen LogP contribution in [0.15, 0.2) is 60.7 Å². The van der Waals surface area contributed by atoms with Crippen LogP contribution in [0.4, 0.5) is 0 Å². The molecule has 50 heavy (non-hydrogen) atoms. The van der Waals surface area contributed by atoms with E-state index in [9.17, 15) is 33.9 Å². The molecular weight excluding hydrogens is 638 g/mol. The van der Waals surface area contributed by atoms with Crippen molar-refractivity contribution in [2.75, 3.05) is 6.54 Å². The van der Waals surface area contributed by atoms with Gasteiger partial charge in [0.1, 0.15) is 24.2 Å². The number of amides is 5. The third-order valence-corrected chi connectivity index (χ3v) is 8.07. The van der Waals surface area contributed by atoms with Gasteiger partial charge >= 0.3 is 5.97 Å². The Kier molecular flexibility index (Phi) is 18.3. The minimum absolute atomic E-state index is 0.106. The Morgan fingerprint density at radius 2 is 1.12 bits per heavy atom. The number of aryl methyl sites for hydroxylation is 1. The van der Waals surface area contributed by atoms with E-state index in [1.807, 2.05) is 51.1 Å². The highest BCUT2D eigenvalue weighted by Gasteiger charge is 2.31. The maximum atomic E-state index is 13.8. The van der Waals surface area contributed by atoms with Crippen molar-refractivity contribution in [3.63, 3.8) is 0 Å². The molecule has 0 saturated heterocycles. The van der Waals surface area contributed by atoms with Crippen molar-refractivity contribution in [1.29, 1.82) is 0 Å². The molecule has 0 aromatic heterocycles. The minimum Gasteiger partial charge on any atom is -0.481 e. The van der Waals surface area contributed by atoms with Crippen LogP contribution >= 0.6 is 0 Å². The molecule has 5 amide bonds. The largest absolute Gasteiger partial charge is 0.481 e.